The number of hydrogen-bond donors (Lipinski definition) is 1. The van der Waals surface area contributed by atoms with Gasteiger partial charge in [0.25, 0.3) is 0 Å². The zero-order valence-corrected chi connectivity index (χ0v) is 7.35. The highest BCUT2D eigenvalue weighted by atomic mass is 127. The van der Waals surface area contributed by atoms with E-state index in [1.54, 1.807) is 6.07 Å². The van der Waals surface area contributed by atoms with Gasteiger partial charge >= 0.3 is 0 Å². The molecule has 0 radical (unpaired) electrons. The van der Waals surface area contributed by atoms with E-state index in [0.29, 0.717) is 11.0 Å². The van der Waals surface area contributed by atoms with Gasteiger partial charge in [0.2, 0.25) is 0 Å². The van der Waals surface area contributed by atoms with Crippen LogP contribution in [-0.4, -0.2) is 4.98 Å². The van der Waals surface area contributed by atoms with Crippen molar-refractivity contribution in [3.8, 4) is 0 Å². The first-order chi connectivity index (χ1) is 4.20. The summed E-state index contributed by atoms with van der Waals surface area (Å²) in [5.74, 6) is 0.459. The molecule has 0 amide bonds. The predicted octanol–water partition coefficient (Wildman–Crippen LogP) is 1.92. The molecular formula is C5H4ClIN2. The number of halogens is 2. The average molecular weight is 254 g/mol. The number of pyridine rings is 1. The number of nitrogen functional groups attached to an aromatic ring is 1. The van der Waals surface area contributed by atoms with E-state index < -0.39 is 0 Å². The van der Waals surface area contributed by atoms with Crippen molar-refractivity contribution in [2.75, 3.05) is 5.73 Å². The van der Waals surface area contributed by atoms with Crippen molar-refractivity contribution >= 4 is 40.0 Å². The summed E-state index contributed by atoms with van der Waals surface area (Å²) in [4.78, 5) is 3.81. The minimum Gasteiger partial charge on any atom is -0.384 e. The Kier molecular flexibility index (Phi) is 2.13. The van der Waals surface area contributed by atoms with Crippen LogP contribution in [0.3, 0.4) is 0 Å². The highest BCUT2D eigenvalue weighted by molar-refractivity contribution is 14.1. The highest BCUT2D eigenvalue weighted by Crippen LogP contribution is 2.15. The van der Waals surface area contributed by atoms with Crippen LogP contribution in [0.25, 0.3) is 0 Å². The number of nitrogens with two attached hydrogens (primary N) is 1. The Labute approximate surface area is 71.6 Å². The molecular weight excluding hydrogens is 250 g/mol. The van der Waals surface area contributed by atoms with Gasteiger partial charge in [-0.2, -0.15) is 0 Å². The summed E-state index contributed by atoms with van der Waals surface area (Å²) in [5, 5.41) is 0.468. The van der Waals surface area contributed by atoms with Crippen molar-refractivity contribution in [1.29, 1.82) is 0 Å². The molecule has 0 fully saturated rings. The van der Waals surface area contributed by atoms with Gasteiger partial charge in [0.1, 0.15) is 11.0 Å². The summed E-state index contributed by atoms with van der Waals surface area (Å²) >= 11 is 7.71. The molecule has 9 heavy (non-hydrogen) atoms. The maximum Gasteiger partial charge on any atom is 0.144 e. The van der Waals surface area contributed by atoms with Crippen molar-refractivity contribution in [2.45, 2.75) is 0 Å². The Morgan fingerprint density at radius 3 is 2.67 bits per heavy atom. The average Bonchev–Trinajstić information content (AvgIpc) is 1.80. The topological polar surface area (TPSA) is 38.9 Å². The molecule has 0 aliphatic carbocycles. The van der Waals surface area contributed by atoms with E-state index in [9.17, 15) is 0 Å². The molecule has 0 bridgehead atoms. The molecule has 1 rings (SSSR count). The summed E-state index contributed by atoms with van der Waals surface area (Å²) in [6.07, 6.45) is 0. The molecule has 0 saturated heterocycles. The van der Waals surface area contributed by atoms with Gasteiger partial charge in [0.05, 0.1) is 3.57 Å². The van der Waals surface area contributed by atoms with E-state index in [4.69, 9.17) is 17.3 Å². The Morgan fingerprint density at radius 2 is 2.22 bits per heavy atom. The van der Waals surface area contributed by atoms with Crippen molar-refractivity contribution in [2.24, 2.45) is 0 Å². The molecule has 0 spiro atoms. The lowest BCUT2D eigenvalue weighted by Gasteiger charge is -1.93. The molecule has 0 saturated carbocycles. The number of anilines is 1. The van der Waals surface area contributed by atoms with Gasteiger partial charge in [0.15, 0.2) is 0 Å². The van der Waals surface area contributed by atoms with Crippen molar-refractivity contribution in [1.82, 2.24) is 4.98 Å². The molecule has 48 valence electrons. The van der Waals surface area contributed by atoms with Crippen molar-refractivity contribution in [3.63, 3.8) is 0 Å². The van der Waals surface area contributed by atoms with Crippen LogP contribution in [-0.2, 0) is 0 Å². The highest BCUT2D eigenvalue weighted by Gasteiger charge is 1.95. The van der Waals surface area contributed by atoms with Crippen LogP contribution >= 0.6 is 34.2 Å². The fourth-order valence-electron chi connectivity index (χ4n) is 0.431. The van der Waals surface area contributed by atoms with Crippen LogP contribution < -0.4 is 5.73 Å². The minimum absolute atomic E-state index is 0.459. The van der Waals surface area contributed by atoms with Gasteiger partial charge in [-0.15, -0.1) is 0 Å². The normalized spacial score (nSPS) is 9.56. The summed E-state index contributed by atoms with van der Waals surface area (Å²) in [6, 6.07) is 3.54. The molecule has 0 aliphatic heterocycles. The number of nitrogens with zero attached hydrogens (tertiary/aromatic N) is 1. The molecule has 4 heteroatoms. The van der Waals surface area contributed by atoms with E-state index >= 15 is 0 Å². The van der Waals surface area contributed by atoms with Gasteiger partial charge in [0, 0.05) is 0 Å². The summed E-state index contributed by atoms with van der Waals surface area (Å²) < 4.78 is 0.920. The molecule has 0 aromatic carbocycles. The fraction of sp³-hybridized carbons (Fsp3) is 0. The van der Waals surface area contributed by atoms with Gasteiger partial charge in [-0.1, -0.05) is 11.6 Å². The zero-order valence-electron chi connectivity index (χ0n) is 4.44. The Bertz CT molecular complexity index is 226. The first kappa shape index (κ1) is 7.08. The number of hydrogen-bond acceptors (Lipinski definition) is 2. The largest absolute Gasteiger partial charge is 0.384 e. The van der Waals surface area contributed by atoms with Gasteiger partial charge < -0.3 is 5.73 Å². The third kappa shape index (κ3) is 1.69. The molecule has 1 aromatic heterocycles. The second-order valence-electron chi connectivity index (χ2n) is 1.51. The van der Waals surface area contributed by atoms with E-state index in [1.165, 1.54) is 0 Å². The van der Waals surface area contributed by atoms with Gasteiger partial charge in [-0.05, 0) is 34.7 Å². The minimum atomic E-state index is 0.459. The van der Waals surface area contributed by atoms with Crippen LogP contribution in [0.1, 0.15) is 0 Å². The lowest BCUT2D eigenvalue weighted by molar-refractivity contribution is 1.32. The van der Waals surface area contributed by atoms with Crippen LogP contribution in [0.4, 0.5) is 5.82 Å². The van der Waals surface area contributed by atoms with Crippen LogP contribution in [0.15, 0.2) is 12.1 Å². The molecule has 2 N–H and O–H groups in total. The summed E-state index contributed by atoms with van der Waals surface area (Å²) in [6.45, 7) is 0. The van der Waals surface area contributed by atoms with E-state index in [-0.39, 0.29) is 0 Å². The fourth-order valence-corrected chi connectivity index (χ4v) is 0.892. The second kappa shape index (κ2) is 2.70. The molecule has 1 aromatic rings. The third-order valence-electron chi connectivity index (χ3n) is 0.825. The third-order valence-corrected chi connectivity index (χ3v) is 2.30. The smallest absolute Gasteiger partial charge is 0.144 e. The summed E-state index contributed by atoms with van der Waals surface area (Å²) in [5.41, 5.74) is 5.33. The maximum atomic E-state index is 5.62. The predicted molar refractivity (Wildman–Crippen MR) is 46.4 cm³/mol. The van der Waals surface area contributed by atoms with E-state index in [2.05, 4.69) is 27.6 Å². The zero-order chi connectivity index (χ0) is 6.85. The number of aromatic nitrogens is 1. The molecule has 1 heterocycles. The summed E-state index contributed by atoms with van der Waals surface area (Å²) in [7, 11) is 0. The van der Waals surface area contributed by atoms with E-state index in [0.717, 1.165) is 3.57 Å². The molecule has 2 nitrogen and oxygen atoms in total. The molecule has 0 unspecified atom stereocenters. The Morgan fingerprint density at radius 1 is 1.56 bits per heavy atom. The molecule has 0 aliphatic rings. The second-order valence-corrected chi connectivity index (χ2v) is 3.03. The first-order valence-electron chi connectivity index (χ1n) is 2.27. The maximum absolute atomic E-state index is 5.62. The van der Waals surface area contributed by atoms with E-state index in [1.807, 2.05) is 6.07 Å². The SMILES string of the molecule is Nc1ccc(I)c(Cl)n1. The monoisotopic (exact) mass is 254 g/mol. The van der Waals surface area contributed by atoms with Gasteiger partial charge in [-0.3, -0.25) is 0 Å². The van der Waals surface area contributed by atoms with Crippen LogP contribution in [0.2, 0.25) is 5.15 Å². The van der Waals surface area contributed by atoms with Crippen molar-refractivity contribution < 1.29 is 0 Å². The van der Waals surface area contributed by atoms with Crippen molar-refractivity contribution in [3.05, 3.63) is 20.9 Å². The number of rotatable bonds is 0. The quantitative estimate of drug-likeness (QED) is 0.567. The van der Waals surface area contributed by atoms with Gasteiger partial charge in [-0.25, -0.2) is 4.98 Å². The van der Waals surface area contributed by atoms with Crippen LogP contribution in [0, 0.1) is 3.57 Å². The molecule has 0 atom stereocenters. The lowest BCUT2D eigenvalue weighted by atomic mass is 10.5. The first-order valence-corrected chi connectivity index (χ1v) is 3.73. The van der Waals surface area contributed by atoms with Crippen LogP contribution in [0.5, 0.6) is 0 Å². The Hall–Kier alpha value is -0.0300. The Balaban J connectivity index is 3.17. The standard InChI is InChI=1S/C5H4ClIN2/c6-5-3(7)1-2-4(8)9-5/h1-2H,(H2,8,9). The lowest BCUT2D eigenvalue weighted by Crippen LogP contribution is -1.89.